The summed E-state index contributed by atoms with van der Waals surface area (Å²) in [6, 6.07) is 0. The first-order chi connectivity index (χ1) is 5.07. The average Bonchev–Trinajstić information content (AvgIpc) is 1.86. The summed E-state index contributed by atoms with van der Waals surface area (Å²) in [6.07, 6.45) is 0.525. The normalized spacial score (nSPS) is 12.5. The Bertz CT molecular complexity index is 161. The zero-order valence-corrected chi connectivity index (χ0v) is 7.01. The van der Waals surface area contributed by atoms with E-state index >= 15 is 0 Å². The van der Waals surface area contributed by atoms with E-state index < -0.39 is 17.7 Å². The van der Waals surface area contributed by atoms with Gasteiger partial charge in [0.05, 0.1) is 0 Å². The van der Waals surface area contributed by atoms with Crippen LogP contribution >= 0.6 is 12.6 Å². The molecule has 0 spiro atoms. The molecule has 0 saturated carbocycles. The van der Waals surface area contributed by atoms with Crippen LogP contribution in [0.2, 0.25) is 0 Å². The summed E-state index contributed by atoms with van der Waals surface area (Å²) < 4.78 is 0. The van der Waals surface area contributed by atoms with Crippen molar-refractivity contribution in [3.8, 4) is 0 Å². The minimum Gasteiger partial charge on any atom is -0.370 e. The first-order valence-corrected chi connectivity index (χ1v) is 3.89. The number of amides is 2. The van der Waals surface area contributed by atoms with Crippen LogP contribution in [0.4, 0.5) is 0 Å². The standard InChI is InChI=1S/C6H12N2O2S/c7-5(9)3-4(1-2-11)6(8)10/h4,11H,1-3H2,(H2,7,9)(H2,8,10). The molecule has 0 bridgehead atoms. The lowest BCUT2D eigenvalue weighted by molar-refractivity contribution is -0.127. The van der Waals surface area contributed by atoms with Crippen molar-refractivity contribution in [2.45, 2.75) is 12.8 Å². The van der Waals surface area contributed by atoms with Crippen LogP contribution in [0.1, 0.15) is 12.8 Å². The fourth-order valence-electron chi connectivity index (χ4n) is 0.744. The van der Waals surface area contributed by atoms with Gasteiger partial charge in [0.1, 0.15) is 0 Å². The molecule has 1 unspecified atom stereocenters. The third-order valence-electron chi connectivity index (χ3n) is 1.33. The van der Waals surface area contributed by atoms with Crippen LogP contribution in [0.5, 0.6) is 0 Å². The average molecular weight is 176 g/mol. The third-order valence-corrected chi connectivity index (χ3v) is 1.59. The number of carbonyl (C=O) groups is 2. The molecule has 0 heterocycles. The van der Waals surface area contributed by atoms with E-state index in [0.29, 0.717) is 12.2 Å². The van der Waals surface area contributed by atoms with Gasteiger partial charge in [-0.1, -0.05) is 0 Å². The molecule has 11 heavy (non-hydrogen) atoms. The lowest BCUT2D eigenvalue weighted by Gasteiger charge is -2.07. The predicted octanol–water partition coefficient (Wildman–Crippen LogP) is -0.717. The molecule has 0 rings (SSSR count). The van der Waals surface area contributed by atoms with Crippen molar-refractivity contribution in [2.75, 3.05) is 5.75 Å². The lowest BCUT2D eigenvalue weighted by atomic mass is 10.0. The molecule has 2 amide bonds. The number of hydrogen-bond acceptors (Lipinski definition) is 3. The van der Waals surface area contributed by atoms with Crippen molar-refractivity contribution in [3.63, 3.8) is 0 Å². The Morgan fingerprint density at radius 2 is 1.91 bits per heavy atom. The number of primary amides is 2. The van der Waals surface area contributed by atoms with Crippen LogP contribution < -0.4 is 11.5 Å². The summed E-state index contributed by atoms with van der Waals surface area (Å²) in [5.74, 6) is -0.917. The molecule has 0 aliphatic carbocycles. The summed E-state index contributed by atoms with van der Waals surface area (Å²) in [4.78, 5) is 21.0. The maximum atomic E-state index is 10.6. The molecule has 5 heteroatoms. The quantitative estimate of drug-likeness (QED) is 0.483. The second-order valence-corrected chi connectivity index (χ2v) is 2.73. The van der Waals surface area contributed by atoms with Crippen LogP contribution in [0.25, 0.3) is 0 Å². The van der Waals surface area contributed by atoms with Crippen LogP contribution in [0.3, 0.4) is 0 Å². The largest absolute Gasteiger partial charge is 0.370 e. The van der Waals surface area contributed by atoms with Gasteiger partial charge in [-0.25, -0.2) is 0 Å². The van der Waals surface area contributed by atoms with Crippen molar-refractivity contribution < 1.29 is 9.59 Å². The van der Waals surface area contributed by atoms with E-state index in [9.17, 15) is 9.59 Å². The van der Waals surface area contributed by atoms with Gasteiger partial charge in [0.25, 0.3) is 0 Å². The molecule has 0 aromatic heterocycles. The number of thiol groups is 1. The third kappa shape index (κ3) is 4.66. The van der Waals surface area contributed by atoms with E-state index in [1.54, 1.807) is 0 Å². The molecule has 0 saturated heterocycles. The Kier molecular flexibility index (Phi) is 4.69. The van der Waals surface area contributed by atoms with Gasteiger partial charge in [-0.15, -0.1) is 0 Å². The molecule has 0 aliphatic rings. The van der Waals surface area contributed by atoms with Crippen molar-refractivity contribution in [1.29, 1.82) is 0 Å². The summed E-state index contributed by atoms with van der Waals surface area (Å²) >= 11 is 3.92. The maximum Gasteiger partial charge on any atom is 0.221 e. The molecule has 0 fully saturated rings. The van der Waals surface area contributed by atoms with Crippen molar-refractivity contribution in [2.24, 2.45) is 17.4 Å². The van der Waals surface area contributed by atoms with Gasteiger partial charge in [-0.3, -0.25) is 9.59 Å². The Labute approximate surface area is 70.7 Å². The Hall–Kier alpha value is -0.710. The van der Waals surface area contributed by atoms with Gasteiger partial charge in [-0.2, -0.15) is 12.6 Å². The highest BCUT2D eigenvalue weighted by Crippen LogP contribution is 2.07. The van der Waals surface area contributed by atoms with Gasteiger partial charge in [-0.05, 0) is 12.2 Å². The summed E-state index contributed by atoms with van der Waals surface area (Å²) in [5, 5.41) is 0. The molecule has 64 valence electrons. The van der Waals surface area contributed by atoms with Crippen molar-refractivity contribution in [3.05, 3.63) is 0 Å². The van der Waals surface area contributed by atoms with Crippen LogP contribution in [-0.4, -0.2) is 17.6 Å². The topological polar surface area (TPSA) is 86.2 Å². The first kappa shape index (κ1) is 10.3. The minimum absolute atomic E-state index is 0.0237. The highest BCUT2D eigenvalue weighted by Gasteiger charge is 2.16. The summed E-state index contributed by atoms with van der Waals surface area (Å²) in [6.45, 7) is 0. The lowest BCUT2D eigenvalue weighted by Crippen LogP contribution is -2.28. The van der Waals surface area contributed by atoms with E-state index in [0.717, 1.165) is 0 Å². The highest BCUT2D eigenvalue weighted by molar-refractivity contribution is 7.80. The maximum absolute atomic E-state index is 10.6. The number of nitrogens with two attached hydrogens (primary N) is 2. The van der Waals surface area contributed by atoms with Crippen LogP contribution in [0, 0.1) is 5.92 Å². The zero-order valence-electron chi connectivity index (χ0n) is 6.12. The van der Waals surface area contributed by atoms with Crippen LogP contribution in [0.15, 0.2) is 0 Å². The second-order valence-electron chi connectivity index (χ2n) is 2.28. The smallest absolute Gasteiger partial charge is 0.221 e. The fraction of sp³-hybridized carbons (Fsp3) is 0.667. The molecule has 4 N–H and O–H groups in total. The summed E-state index contributed by atoms with van der Waals surface area (Å²) in [7, 11) is 0. The molecule has 0 aliphatic heterocycles. The van der Waals surface area contributed by atoms with Crippen LogP contribution in [-0.2, 0) is 9.59 Å². The Balaban J connectivity index is 3.89. The van der Waals surface area contributed by atoms with Gasteiger partial charge in [0, 0.05) is 12.3 Å². The SMILES string of the molecule is NC(=O)CC(CCS)C(N)=O. The van der Waals surface area contributed by atoms with Gasteiger partial charge in [0.15, 0.2) is 0 Å². The minimum atomic E-state index is -0.504. The first-order valence-electron chi connectivity index (χ1n) is 3.26. The predicted molar refractivity (Wildman–Crippen MR) is 45.0 cm³/mol. The Morgan fingerprint density at radius 1 is 1.36 bits per heavy atom. The molecule has 0 aromatic rings. The van der Waals surface area contributed by atoms with Crippen molar-refractivity contribution >= 4 is 24.4 Å². The number of carbonyl (C=O) groups excluding carboxylic acids is 2. The van der Waals surface area contributed by atoms with E-state index in [4.69, 9.17) is 11.5 Å². The van der Waals surface area contributed by atoms with Gasteiger partial charge < -0.3 is 11.5 Å². The molecular weight excluding hydrogens is 164 g/mol. The summed E-state index contributed by atoms with van der Waals surface area (Å²) in [5.41, 5.74) is 9.88. The van der Waals surface area contributed by atoms with Gasteiger partial charge >= 0.3 is 0 Å². The van der Waals surface area contributed by atoms with E-state index in [1.165, 1.54) is 0 Å². The van der Waals surface area contributed by atoms with Crippen molar-refractivity contribution in [1.82, 2.24) is 0 Å². The molecule has 4 nitrogen and oxygen atoms in total. The van der Waals surface area contributed by atoms with Gasteiger partial charge in [0.2, 0.25) is 11.8 Å². The number of rotatable bonds is 5. The monoisotopic (exact) mass is 176 g/mol. The van der Waals surface area contributed by atoms with E-state index in [-0.39, 0.29) is 6.42 Å². The van der Waals surface area contributed by atoms with E-state index in [1.807, 2.05) is 0 Å². The van der Waals surface area contributed by atoms with E-state index in [2.05, 4.69) is 12.6 Å². The molecule has 1 atom stereocenters. The fourth-order valence-corrected chi connectivity index (χ4v) is 1.06. The zero-order chi connectivity index (χ0) is 8.85. The highest BCUT2D eigenvalue weighted by atomic mass is 32.1. The molecular formula is C6H12N2O2S. The second kappa shape index (κ2) is 5.01. The number of hydrogen-bond donors (Lipinski definition) is 3. The molecule has 0 aromatic carbocycles. The Morgan fingerprint density at radius 3 is 2.18 bits per heavy atom. The molecule has 0 radical (unpaired) electrons.